The second kappa shape index (κ2) is 12.2. The number of carbonyl (C=O) groups is 3. The highest BCUT2D eigenvalue weighted by Crippen LogP contribution is 2.44. The van der Waals surface area contributed by atoms with Crippen LogP contribution >= 0.6 is 0 Å². The Hall–Kier alpha value is -5.51. The molecule has 1 aromatic heterocycles. The zero-order valence-corrected chi connectivity index (χ0v) is 24.0. The van der Waals surface area contributed by atoms with E-state index >= 15 is 0 Å². The van der Waals surface area contributed by atoms with Crippen LogP contribution in [0.25, 0.3) is 5.69 Å². The molecule has 13 heteroatoms. The van der Waals surface area contributed by atoms with Gasteiger partial charge in [0.25, 0.3) is 17.7 Å². The maximum atomic E-state index is 14.2. The summed E-state index contributed by atoms with van der Waals surface area (Å²) in [5, 5.41) is 16.5. The van der Waals surface area contributed by atoms with Crippen LogP contribution in [-0.2, 0) is 11.0 Å². The van der Waals surface area contributed by atoms with Crippen LogP contribution in [0.3, 0.4) is 0 Å². The molecule has 0 aliphatic carbocycles. The molecule has 9 nitrogen and oxygen atoms in total. The molecular weight excluding hydrogens is 592 g/mol. The summed E-state index contributed by atoms with van der Waals surface area (Å²) >= 11 is 0. The molecule has 0 bridgehead atoms. The van der Waals surface area contributed by atoms with Gasteiger partial charge in [0.05, 0.1) is 17.3 Å². The van der Waals surface area contributed by atoms with Crippen LogP contribution in [0.5, 0.6) is 0 Å². The molecule has 3 aromatic carbocycles. The summed E-state index contributed by atoms with van der Waals surface area (Å²) < 4.78 is 55.8. The number of anilines is 1. The van der Waals surface area contributed by atoms with Crippen molar-refractivity contribution in [3.8, 4) is 11.8 Å². The van der Waals surface area contributed by atoms with Gasteiger partial charge >= 0.3 is 6.18 Å². The number of alkyl halides is 3. The van der Waals surface area contributed by atoms with Gasteiger partial charge in [0.15, 0.2) is 5.69 Å². The van der Waals surface area contributed by atoms with Crippen LogP contribution in [0.15, 0.2) is 78.9 Å². The lowest BCUT2D eigenvalue weighted by Crippen LogP contribution is -2.55. The first-order valence-electron chi connectivity index (χ1n) is 13.8. The number of hydrogen-bond acceptors (Lipinski definition) is 5. The van der Waals surface area contributed by atoms with E-state index in [-0.39, 0.29) is 35.7 Å². The molecule has 1 aliphatic rings. The first kappa shape index (κ1) is 30.9. The highest BCUT2D eigenvalue weighted by atomic mass is 19.4. The molecule has 45 heavy (non-hydrogen) atoms. The molecule has 2 atom stereocenters. The van der Waals surface area contributed by atoms with Crippen molar-refractivity contribution in [1.29, 1.82) is 5.26 Å². The number of nitriles is 1. The summed E-state index contributed by atoms with van der Waals surface area (Å²) in [6.45, 7) is 1.47. The first-order chi connectivity index (χ1) is 21.5. The summed E-state index contributed by atoms with van der Waals surface area (Å²) in [5.41, 5.74) is -0.446. The number of benzene rings is 3. The first-order valence-corrected chi connectivity index (χ1v) is 13.8. The Morgan fingerprint density at radius 3 is 2.36 bits per heavy atom. The second-order valence-electron chi connectivity index (χ2n) is 10.3. The van der Waals surface area contributed by atoms with Crippen LogP contribution in [0.4, 0.5) is 23.4 Å². The molecule has 0 saturated heterocycles. The number of nitrogens with zero attached hydrogens (tertiary/aromatic N) is 5. The number of likely N-dealkylation sites (N-methyl/N-ethyl adjacent to an activating group) is 1. The molecule has 1 aliphatic heterocycles. The minimum atomic E-state index is -4.71. The maximum absolute atomic E-state index is 14.2. The third-order valence-electron chi connectivity index (χ3n) is 7.47. The van der Waals surface area contributed by atoms with E-state index in [1.165, 1.54) is 34.8 Å². The van der Waals surface area contributed by atoms with Crippen molar-refractivity contribution in [1.82, 2.24) is 20.0 Å². The van der Waals surface area contributed by atoms with Crippen molar-refractivity contribution >= 4 is 23.5 Å². The monoisotopic (exact) mass is 618 g/mol. The zero-order chi connectivity index (χ0) is 32.5. The highest BCUT2D eigenvalue weighted by Gasteiger charge is 2.47. The van der Waals surface area contributed by atoms with Gasteiger partial charge in [-0.2, -0.15) is 23.5 Å². The number of amides is 3. The SMILES string of the molecule is CCN1C(=O)[C@@H](NC(=O)c2cccc(C(F)(F)F)c2)[C@@H](c2ccc(F)cc2)c2c(C(=O)N(C)CC#N)nn(-c3ccccc3)c21. The van der Waals surface area contributed by atoms with Crippen LogP contribution in [0.1, 0.15) is 50.4 Å². The number of fused-ring (bicyclic) bond motifs is 1. The van der Waals surface area contributed by atoms with E-state index in [2.05, 4.69) is 10.4 Å². The molecule has 0 spiro atoms. The summed E-state index contributed by atoms with van der Waals surface area (Å²) in [7, 11) is 1.41. The molecule has 1 N–H and O–H groups in total. The number of hydrogen-bond donors (Lipinski definition) is 1. The number of rotatable bonds is 7. The Morgan fingerprint density at radius 2 is 1.73 bits per heavy atom. The van der Waals surface area contributed by atoms with Gasteiger partial charge in [0.2, 0.25) is 0 Å². The third kappa shape index (κ3) is 5.86. The van der Waals surface area contributed by atoms with Gasteiger partial charge in [-0.3, -0.25) is 19.3 Å². The predicted molar refractivity (Wildman–Crippen MR) is 155 cm³/mol. The standard InChI is InChI=1S/C32H26F4N6O3/c1-3-41-29-25(27(30(44)40(2)17-16-37)39-42(29)23-10-5-4-6-11-23)24(19-12-14-22(33)15-13-19)26(31(41)45)38-28(43)20-8-7-9-21(18-20)32(34,35)36/h4-15,18,24,26H,3,17H2,1-2H3,(H,38,43)/t24-,26-/m0/s1. The summed E-state index contributed by atoms with van der Waals surface area (Å²) in [6, 6.07) is 18.0. The van der Waals surface area contributed by atoms with E-state index in [0.29, 0.717) is 17.3 Å². The molecule has 0 unspecified atom stereocenters. The van der Waals surface area contributed by atoms with E-state index in [9.17, 15) is 37.2 Å². The van der Waals surface area contributed by atoms with E-state index in [0.717, 1.165) is 29.2 Å². The predicted octanol–water partition coefficient (Wildman–Crippen LogP) is 4.92. The quantitative estimate of drug-likeness (QED) is 0.234. The number of para-hydroxylation sites is 1. The van der Waals surface area contributed by atoms with Gasteiger partial charge in [-0.1, -0.05) is 36.4 Å². The lowest BCUT2D eigenvalue weighted by molar-refractivity contribution is -0.137. The molecule has 0 saturated carbocycles. The zero-order valence-electron chi connectivity index (χ0n) is 24.0. The Kier molecular flexibility index (Phi) is 8.41. The van der Waals surface area contributed by atoms with Crippen molar-refractivity contribution < 1.29 is 31.9 Å². The van der Waals surface area contributed by atoms with Gasteiger partial charge in [-0.15, -0.1) is 0 Å². The average molecular weight is 619 g/mol. The number of aromatic nitrogens is 2. The lowest BCUT2D eigenvalue weighted by Gasteiger charge is -2.38. The summed E-state index contributed by atoms with van der Waals surface area (Å²) in [4.78, 5) is 44.0. The van der Waals surface area contributed by atoms with E-state index in [4.69, 9.17) is 0 Å². The molecule has 230 valence electrons. The van der Waals surface area contributed by atoms with E-state index < -0.39 is 47.2 Å². The van der Waals surface area contributed by atoms with Crippen molar-refractivity contribution in [3.05, 3.63) is 113 Å². The van der Waals surface area contributed by atoms with Crippen molar-refractivity contribution in [2.75, 3.05) is 25.0 Å². The van der Waals surface area contributed by atoms with Crippen molar-refractivity contribution in [2.45, 2.75) is 25.1 Å². The Balaban J connectivity index is 1.74. The molecular formula is C32H26F4N6O3. The number of halogens is 4. The summed E-state index contributed by atoms with van der Waals surface area (Å²) in [5.74, 6) is -3.72. The molecule has 0 fully saturated rings. The molecule has 5 rings (SSSR count). The second-order valence-corrected chi connectivity index (χ2v) is 10.3. The van der Waals surface area contributed by atoms with E-state index in [1.807, 2.05) is 6.07 Å². The molecule has 4 aromatic rings. The van der Waals surface area contributed by atoms with Crippen LogP contribution in [0, 0.1) is 17.1 Å². The van der Waals surface area contributed by atoms with Gasteiger partial charge in [-0.25, -0.2) is 9.07 Å². The molecule has 3 amide bonds. The molecule has 0 radical (unpaired) electrons. The third-order valence-corrected chi connectivity index (χ3v) is 7.47. The lowest BCUT2D eigenvalue weighted by atomic mass is 9.80. The fraction of sp³-hybridized carbons (Fsp3) is 0.219. The van der Waals surface area contributed by atoms with Crippen LogP contribution in [0.2, 0.25) is 0 Å². The van der Waals surface area contributed by atoms with E-state index in [1.54, 1.807) is 37.3 Å². The maximum Gasteiger partial charge on any atom is 0.416 e. The Labute approximate surface area is 255 Å². The minimum absolute atomic E-state index is 0.0676. The van der Waals surface area contributed by atoms with Crippen LogP contribution in [-0.4, -0.2) is 58.6 Å². The highest BCUT2D eigenvalue weighted by molar-refractivity contribution is 6.07. The normalized spacial score (nSPS) is 16.1. The summed E-state index contributed by atoms with van der Waals surface area (Å²) in [6.07, 6.45) is -4.71. The van der Waals surface area contributed by atoms with Gasteiger partial charge in [-0.05, 0) is 55.0 Å². The van der Waals surface area contributed by atoms with Crippen molar-refractivity contribution in [2.24, 2.45) is 0 Å². The van der Waals surface area contributed by atoms with Crippen molar-refractivity contribution in [3.63, 3.8) is 0 Å². The molecule has 2 heterocycles. The average Bonchev–Trinajstić information content (AvgIpc) is 3.41. The fourth-order valence-corrected chi connectivity index (χ4v) is 5.36. The van der Waals surface area contributed by atoms with Crippen LogP contribution < -0.4 is 10.2 Å². The number of carbonyl (C=O) groups excluding carboxylic acids is 3. The van der Waals surface area contributed by atoms with Gasteiger partial charge in [0, 0.05) is 30.6 Å². The fourth-order valence-electron chi connectivity index (χ4n) is 5.36. The largest absolute Gasteiger partial charge is 0.416 e. The smallest absolute Gasteiger partial charge is 0.339 e. The minimum Gasteiger partial charge on any atom is -0.339 e. The Bertz CT molecular complexity index is 1800. The Morgan fingerprint density at radius 1 is 1.04 bits per heavy atom. The van der Waals surface area contributed by atoms with Gasteiger partial charge in [0.1, 0.15) is 24.2 Å². The topological polar surface area (TPSA) is 111 Å². The number of nitrogens with one attached hydrogen (secondary N) is 1. The van der Waals surface area contributed by atoms with Gasteiger partial charge < -0.3 is 10.2 Å².